The number of hydrogen-bond donors (Lipinski definition) is 3. The van der Waals surface area contributed by atoms with Crippen molar-refractivity contribution in [2.24, 2.45) is 16.5 Å². The van der Waals surface area contributed by atoms with Gasteiger partial charge in [-0.3, -0.25) is 5.73 Å². The molecule has 0 aromatic heterocycles. The van der Waals surface area contributed by atoms with Crippen LogP contribution >= 0.6 is 0 Å². The van der Waals surface area contributed by atoms with Crippen molar-refractivity contribution in [3.8, 4) is 0 Å². The average molecular weight is 294 g/mol. The van der Waals surface area contributed by atoms with Crippen molar-refractivity contribution >= 4 is 15.8 Å². The molecule has 5 N–H and O–H groups in total. The minimum atomic E-state index is -3.39. The largest absolute Gasteiger partial charge is 0.370 e. The lowest BCUT2D eigenvalue weighted by Gasteiger charge is -2.27. The lowest BCUT2D eigenvalue weighted by atomic mass is 10.0. The molecule has 1 aliphatic heterocycles. The molecule has 0 saturated heterocycles. The van der Waals surface area contributed by atoms with Gasteiger partial charge in [0.1, 0.15) is 0 Å². The van der Waals surface area contributed by atoms with Gasteiger partial charge in [0.15, 0.2) is 21.5 Å². The molecule has 0 aliphatic carbocycles. The van der Waals surface area contributed by atoms with Crippen molar-refractivity contribution in [3.05, 3.63) is 42.1 Å². The van der Waals surface area contributed by atoms with Crippen LogP contribution in [0.4, 0.5) is 0 Å². The molecule has 108 valence electrons. The Morgan fingerprint density at radius 1 is 1.35 bits per heavy atom. The predicted molar refractivity (Wildman–Crippen MR) is 78.5 cm³/mol. The molecule has 0 amide bonds. The summed E-state index contributed by atoms with van der Waals surface area (Å²) in [5.74, 6) is 0.221. The molecule has 6 nitrogen and oxygen atoms in total. The van der Waals surface area contributed by atoms with Gasteiger partial charge in [-0.1, -0.05) is 25.1 Å². The summed E-state index contributed by atoms with van der Waals surface area (Å²) in [6.45, 7) is 1.82. The lowest BCUT2D eigenvalue weighted by molar-refractivity contribution is 0.556. The Morgan fingerprint density at radius 3 is 2.70 bits per heavy atom. The van der Waals surface area contributed by atoms with Gasteiger partial charge in [0.25, 0.3) is 0 Å². The summed E-state index contributed by atoms with van der Waals surface area (Å²) >= 11 is 0. The Balaban J connectivity index is 2.59. The minimum absolute atomic E-state index is 0.0707. The predicted octanol–water partition coefficient (Wildman–Crippen LogP) is 0.413. The number of nitrogens with two attached hydrogens (primary N) is 2. The first-order chi connectivity index (χ1) is 9.39. The fraction of sp³-hybridized carbons (Fsp3) is 0.308. The maximum atomic E-state index is 12.3. The highest BCUT2D eigenvalue weighted by molar-refractivity contribution is 7.91. The van der Waals surface area contributed by atoms with Gasteiger partial charge in [0, 0.05) is 11.8 Å². The van der Waals surface area contributed by atoms with E-state index in [0.717, 1.165) is 0 Å². The summed E-state index contributed by atoms with van der Waals surface area (Å²) in [7, 11) is -3.39. The molecular weight excluding hydrogens is 276 g/mol. The molecule has 0 radical (unpaired) electrons. The average Bonchev–Trinajstić information content (AvgIpc) is 2.38. The third kappa shape index (κ3) is 2.68. The fourth-order valence-electron chi connectivity index (χ4n) is 2.12. The highest BCUT2D eigenvalue weighted by Crippen LogP contribution is 2.30. The van der Waals surface area contributed by atoms with Gasteiger partial charge in [-0.05, 0) is 18.6 Å². The fourth-order valence-corrected chi connectivity index (χ4v) is 3.73. The van der Waals surface area contributed by atoms with Gasteiger partial charge in [-0.25, -0.2) is 13.4 Å². The van der Waals surface area contributed by atoms with Crippen LogP contribution in [-0.4, -0.2) is 20.1 Å². The Bertz CT molecular complexity index is 667. The number of aliphatic imine (C=N–C) groups is 1. The van der Waals surface area contributed by atoms with Crippen molar-refractivity contribution in [2.45, 2.75) is 23.9 Å². The molecule has 1 aromatic rings. The van der Waals surface area contributed by atoms with Crippen LogP contribution in [0.3, 0.4) is 0 Å². The second-order valence-electron chi connectivity index (χ2n) is 4.62. The van der Waals surface area contributed by atoms with E-state index in [-0.39, 0.29) is 16.6 Å². The number of benzene rings is 1. The highest BCUT2D eigenvalue weighted by atomic mass is 32.2. The van der Waals surface area contributed by atoms with Crippen LogP contribution in [0.2, 0.25) is 0 Å². The van der Waals surface area contributed by atoms with Gasteiger partial charge in [0.2, 0.25) is 0 Å². The molecule has 20 heavy (non-hydrogen) atoms. The Morgan fingerprint density at radius 2 is 2.05 bits per heavy atom. The van der Waals surface area contributed by atoms with Crippen molar-refractivity contribution in [1.82, 2.24) is 5.32 Å². The molecule has 2 rings (SSSR count). The number of hydrogen-bond acceptors (Lipinski definition) is 6. The summed E-state index contributed by atoms with van der Waals surface area (Å²) in [6.07, 6.45) is 3.69. The number of nitrogens with one attached hydrogen (secondary N) is 1. The zero-order chi connectivity index (χ0) is 14.8. The van der Waals surface area contributed by atoms with E-state index in [9.17, 15) is 8.42 Å². The van der Waals surface area contributed by atoms with Crippen LogP contribution in [-0.2, 0) is 15.5 Å². The second kappa shape index (κ2) is 5.26. The maximum absolute atomic E-state index is 12.3. The molecule has 0 fully saturated rings. The Hall–Kier alpha value is -1.86. The minimum Gasteiger partial charge on any atom is -0.370 e. The van der Waals surface area contributed by atoms with Gasteiger partial charge in [-0.2, -0.15) is 0 Å². The molecule has 1 atom stereocenters. The van der Waals surface area contributed by atoms with E-state index in [1.165, 1.54) is 0 Å². The molecule has 0 bridgehead atoms. The Labute approximate surface area is 118 Å². The van der Waals surface area contributed by atoms with E-state index in [0.29, 0.717) is 12.0 Å². The first-order valence-corrected chi connectivity index (χ1v) is 7.95. The van der Waals surface area contributed by atoms with Crippen molar-refractivity contribution in [2.75, 3.05) is 5.75 Å². The standard InChI is InChI=1S/C13H18N4O2S/c1-2-9-20(18,19)11-6-4-3-5-10(11)13(15)7-8-16-12(14)17-13/h3-8H,2,9,15H2,1H3,(H3,14,16,17). The quantitative estimate of drug-likeness (QED) is 0.745. The third-order valence-corrected chi connectivity index (χ3v) is 4.97. The maximum Gasteiger partial charge on any atom is 0.195 e. The van der Waals surface area contributed by atoms with Crippen LogP contribution in [0.25, 0.3) is 0 Å². The number of sulfone groups is 1. The summed E-state index contributed by atoms with van der Waals surface area (Å²) in [5, 5.41) is 2.71. The highest BCUT2D eigenvalue weighted by Gasteiger charge is 2.32. The first kappa shape index (κ1) is 14.5. The van der Waals surface area contributed by atoms with E-state index < -0.39 is 15.5 Å². The van der Waals surface area contributed by atoms with Gasteiger partial charge in [-0.15, -0.1) is 0 Å². The van der Waals surface area contributed by atoms with E-state index in [2.05, 4.69) is 10.3 Å². The smallest absolute Gasteiger partial charge is 0.195 e. The summed E-state index contributed by atoms with van der Waals surface area (Å²) in [4.78, 5) is 4.33. The van der Waals surface area contributed by atoms with E-state index in [4.69, 9.17) is 11.5 Å². The molecule has 1 heterocycles. The van der Waals surface area contributed by atoms with Gasteiger partial charge in [0.05, 0.1) is 10.6 Å². The molecule has 1 unspecified atom stereocenters. The summed E-state index contributed by atoms with van der Waals surface area (Å²) < 4.78 is 24.7. The van der Waals surface area contributed by atoms with Crippen LogP contribution in [0.5, 0.6) is 0 Å². The van der Waals surface area contributed by atoms with Crippen LogP contribution in [0, 0.1) is 0 Å². The molecule has 1 aromatic carbocycles. The molecule has 1 aliphatic rings. The molecule has 0 spiro atoms. The zero-order valence-corrected chi connectivity index (χ0v) is 12.0. The van der Waals surface area contributed by atoms with Crippen molar-refractivity contribution in [1.29, 1.82) is 0 Å². The monoisotopic (exact) mass is 294 g/mol. The first-order valence-electron chi connectivity index (χ1n) is 6.30. The number of nitrogens with zero attached hydrogens (tertiary/aromatic N) is 1. The number of rotatable bonds is 4. The normalized spacial score (nSPS) is 22.2. The molecule has 7 heteroatoms. The van der Waals surface area contributed by atoms with Crippen molar-refractivity contribution < 1.29 is 8.42 Å². The topological polar surface area (TPSA) is 111 Å². The third-order valence-electron chi connectivity index (χ3n) is 3.00. The van der Waals surface area contributed by atoms with Gasteiger partial charge < -0.3 is 11.1 Å². The number of guanidine groups is 1. The van der Waals surface area contributed by atoms with E-state index in [1.54, 1.807) is 36.5 Å². The summed E-state index contributed by atoms with van der Waals surface area (Å²) in [6, 6.07) is 6.62. The van der Waals surface area contributed by atoms with E-state index >= 15 is 0 Å². The van der Waals surface area contributed by atoms with Crippen molar-refractivity contribution in [3.63, 3.8) is 0 Å². The molecular formula is C13H18N4O2S. The molecule has 0 saturated carbocycles. The van der Waals surface area contributed by atoms with E-state index in [1.807, 2.05) is 6.92 Å². The van der Waals surface area contributed by atoms with Crippen LogP contribution in [0.15, 0.2) is 46.4 Å². The zero-order valence-electron chi connectivity index (χ0n) is 11.2. The van der Waals surface area contributed by atoms with Crippen LogP contribution in [0.1, 0.15) is 18.9 Å². The SMILES string of the molecule is CCCS(=O)(=O)c1ccccc1C1(N)C=CNC(N)=N1. The second-order valence-corrected chi connectivity index (χ2v) is 6.69. The van der Waals surface area contributed by atoms with Crippen LogP contribution < -0.4 is 16.8 Å². The summed E-state index contributed by atoms with van der Waals surface area (Å²) in [5.41, 5.74) is 11.0. The lowest BCUT2D eigenvalue weighted by Crippen LogP contribution is -2.43. The Kier molecular flexibility index (Phi) is 3.82. The van der Waals surface area contributed by atoms with Gasteiger partial charge >= 0.3 is 0 Å².